The summed E-state index contributed by atoms with van der Waals surface area (Å²) in [4.78, 5) is 15.0. The zero-order valence-electron chi connectivity index (χ0n) is 17.0. The Bertz CT molecular complexity index is 960. The van der Waals surface area contributed by atoms with E-state index < -0.39 is 0 Å². The zero-order valence-corrected chi connectivity index (χ0v) is 17.0. The number of aryl methyl sites for hydroxylation is 2. The van der Waals surface area contributed by atoms with Gasteiger partial charge in [0.2, 0.25) is 0 Å². The number of benzene rings is 1. The fraction of sp³-hybridized carbons (Fsp3) is 0.381. The van der Waals surface area contributed by atoms with Gasteiger partial charge in [-0.2, -0.15) is 5.10 Å². The van der Waals surface area contributed by atoms with Crippen LogP contribution in [0.1, 0.15) is 34.2 Å². The fourth-order valence-electron chi connectivity index (χ4n) is 3.16. The first-order valence-electron chi connectivity index (χ1n) is 9.21. The maximum absolute atomic E-state index is 13.2. The molecule has 0 spiro atoms. The SMILES string of the molecule is COC[C@@H](C)N(Cc1cccc(C)c1)C(=O)c1cc(-c2cnn(C)c2C)on1. The summed E-state index contributed by atoms with van der Waals surface area (Å²) < 4.78 is 12.5. The van der Waals surface area contributed by atoms with Gasteiger partial charge in [-0.3, -0.25) is 9.48 Å². The largest absolute Gasteiger partial charge is 0.383 e. The number of amides is 1. The Morgan fingerprint density at radius 1 is 1.32 bits per heavy atom. The second kappa shape index (κ2) is 8.39. The molecule has 148 valence electrons. The Kier molecular flexibility index (Phi) is 5.94. The van der Waals surface area contributed by atoms with Crippen molar-refractivity contribution in [2.24, 2.45) is 7.05 Å². The molecule has 0 unspecified atom stereocenters. The minimum atomic E-state index is -0.192. The minimum Gasteiger partial charge on any atom is -0.383 e. The van der Waals surface area contributed by atoms with E-state index in [4.69, 9.17) is 9.26 Å². The Labute approximate surface area is 164 Å². The van der Waals surface area contributed by atoms with Crippen LogP contribution in [0, 0.1) is 13.8 Å². The quantitative estimate of drug-likeness (QED) is 0.626. The van der Waals surface area contributed by atoms with Crippen molar-refractivity contribution in [3.8, 4) is 11.3 Å². The molecule has 0 saturated heterocycles. The molecule has 0 N–H and O–H groups in total. The molecular formula is C21H26N4O3. The van der Waals surface area contributed by atoms with Crippen molar-refractivity contribution >= 4 is 5.91 Å². The predicted molar refractivity (Wildman–Crippen MR) is 106 cm³/mol. The molecule has 28 heavy (non-hydrogen) atoms. The molecule has 3 aromatic rings. The molecule has 7 nitrogen and oxygen atoms in total. The van der Waals surface area contributed by atoms with E-state index in [0.717, 1.165) is 22.4 Å². The molecule has 0 aliphatic heterocycles. The highest BCUT2D eigenvalue weighted by atomic mass is 16.5. The highest BCUT2D eigenvalue weighted by Gasteiger charge is 2.25. The molecule has 1 aromatic carbocycles. The van der Waals surface area contributed by atoms with E-state index in [1.807, 2.05) is 46.0 Å². The highest BCUT2D eigenvalue weighted by molar-refractivity contribution is 5.93. The lowest BCUT2D eigenvalue weighted by Crippen LogP contribution is -2.40. The van der Waals surface area contributed by atoms with Crippen LogP contribution in [0.4, 0.5) is 0 Å². The number of ether oxygens (including phenoxy) is 1. The number of aromatic nitrogens is 3. The van der Waals surface area contributed by atoms with Gasteiger partial charge in [0, 0.05) is 32.5 Å². The first-order valence-corrected chi connectivity index (χ1v) is 9.21. The van der Waals surface area contributed by atoms with Crippen molar-refractivity contribution in [3.63, 3.8) is 0 Å². The summed E-state index contributed by atoms with van der Waals surface area (Å²) >= 11 is 0. The van der Waals surface area contributed by atoms with Crippen LogP contribution in [0.3, 0.4) is 0 Å². The van der Waals surface area contributed by atoms with Crippen LogP contribution >= 0.6 is 0 Å². The number of hydrogen-bond donors (Lipinski definition) is 0. The summed E-state index contributed by atoms with van der Waals surface area (Å²) in [6.45, 7) is 6.85. The van der Waals surface area contributed by atoms with Gasteiger partial charge in [0.1, 0.15) is 0 Å². The van der Waals surface area contributed by atoms with Crippen LogP contribution in [-0.4, -0.2) is 45.5 Å². The van der Waals surface area contributed by atoms with Gasteiger partial charge in [-0.1, -0.05) is 35.0 Å². The van der Waals surface area contributed by atoms with Crippen LogP contribution in [0.25, 0.3) is 11.3 Å². The molecule has 0 fully saturated rings. The number of carbonyl (C=O) groups excluding carboxylic acids is 1. The lowest BCUT2D eigenvalue weighted by Gasteiger charge is -2.28. The third-order valence-corrected chi connectivity index (χ3v) is 4.87. The van der Waals surface area contributed by atoms with E-state index in [2.05, 4.69) is 16.3 Å². The van der Waals surface area contributed by atoms with Crippen molar-refractivity contribution in [1.29, 1.82) is 0 Å². The van der Waals surface area contributed by atoms with Gasteiger partial charge in [0.25, 0.3) is 5.91 Å². The summed E-state index contributed by atoms with van der Waals surface area (Å²) in [7, 11) is 3.49. The van der Waals surface area contributed by atoms with Gasteiger partial charge in [0.05, 0.1) is 24.4 Å². The molecular weight excluding hydrogens is 356 g/mol. The molecule has 2 heterocycles. The molecule has 7 heteroatoms. The lowest BCUT2D eigenvalue weighted by atomic mass is 10.1. The minimum absolute atomic E-state index is 0.113. The second-order valence-electron chi connectivity index (χ2n) is 7.07. The molecule has 1 atom stereocenters. The third-order valence-electron chi connectivity index (χ3n) is 4.87. The van der Waals surface area contributed by atoms with Gasteiger partial charge in [0.15, 0.2) is 11.5 Å². The molecule has 0 saturated carbocycles. The van der Waals surface area contributed by atoms with Crippen LogP contribution in [0.5, 0.6) is 0 Å². The zero-order chi connectivity index (χ0) is 20.3. The number of carbonyl (C=O) groups is 1. The van der Waals surface area contributed by atoms with E-state index in [1.54, 1.807) is 29.0 Å². The third kappa shape index (κ3) is 4.14. The summed E-state index contributed by atoms with van der Waals surface area (Å²) in [5.74, 6) is 0.339. The highest BCUT2D eigenvalue weighted by Crippen LogP contribution is 2.24. The average molecular weight is 382 g/mol. The number of hydrogen-bond acceptors (Lipinski definition) is 5. The summed E-state index contributed by atoms with van der Waals surface area (Å²) in [6.07, 6.45) is 1.71. The molecule has 0 radical (unpaired) electrons. The van der Waals surface area contributed by atoms with E-state index in [9.17, 15) is 4.79 Å². The number of methoxy groups -OCH3 is 1. The van der Waals surface area contributed by atoms with Crippen LogP contribution in [0.2, 0.25) is 0 Å². The van der Waals surface area contributed by atoms with Crippen LogP contribution < -0.4 is 0 Å². The van der Waals surface area contributed by atoms with Crippen LogP contribution in [-0.2, 0) is 18.3 Å². The molecule has 2 aromatic heterocycles. The van der Waals surface area contributed by atoms with E-state index >= 15 is 0 Å². The van der Waals surface area contributed by atoms with Crippen molar-refractivity contribution in [1.82, 2.24) is 19.8 Å². The van der Waals surface area contributed by atoms with Crippen molar-refractivity contribution in [2.45, 2.75) is 33.4 Å². The van der Waals surface area contributed by atoms with Gasteiger partial charge >= 0.3 is 0 Å². The number of rotatable bonds is 7. The molecule has 0 aliphatic rings. The Balaban J connectivity index is 1.87. The average Bonchev–Trinajstić information content (AvgIpc) is 3.27. The fourth-order valence-corrected chi connectivity index (χ4v) is 3.16. The Hall–Kier alpha value is -2.93. The van der Waals surface area contributed by atoms with Gasteiger partial charge in [-0.15, -0.1) is 0 Å². The first-order chi connectivity index (χ1) is 13.4. The van der Waals surface area contributed by atoms with E-state index in [1.165, 1.54) is 0 Å². The lowest BCUT2D eigenvalue weighted by molar-refractivity contribution is 0.0532. The molecule has 0 bridgehead atoms. The topological polar surface area (TPSA) is 73.4 Å². The first kappa shape index (κ1) is 19.8. The monoisotopic (exact) mass is 382 g/mol. The normalized spacial score (nSPS) is 12.2. The Morgan fingerprint density at radius 3 is 2.75 bits per heavy atom. The van der Waals surface area contributed by atoms with Gasteiger partial charge in [-0.05, 0) is 26.3 Å². The van der Waals surface area contributed by atoms with Crippen molar-refractivity contribution in [3.05, 3.63) is 59.0 Å². The maximum Gasteiger partial charge on any atom is 0.276 e. The van der Waals surface area contributed by atoms with Gasteiger partial charge < -0.3 is 14.2 Å². The second-order valence-corrected chi connectivity index (χ2v) is 7.07. The standard InChI is InChI=1S/C21H26N4O3/c1-14-7-6-8-17(9-14)12-25(15(2)13-27-5)21(26)19-10-20(28-23-19)18-11-22-24(4)16(18)3/h6-11,15H,12-13H2,1-5H3/t15-/m1/s1. The summed E-state index contributed by atoms with van der Waals surface area (Å²) in [5.41, 5.74) is 4.25. The molecule has 1 amide bonds. The molecule has 0 aliphatic carbocycles. The van der Waals surface area contributed by atoms with Gasteiger partial charge in [-0.25, -0.2) is 0 Å². The van der Waals surface area contributed by atoms with Crippen molar-refractivity contribution < 1.29 is 14.1 Å². The summed E-state index contributed by atoms with van der Waals surface area (Å²) in [5, 5.41) is 8.24. The number of nitrogens with zero attached hydrogens (tertiary/aromatic N) is 4. The Morgan fingerprint density at radius 2 is 2.11 bits per heavy atom. The van der Waals surface area contributed by atoms with Crippen LogP contribution in [0.15, 0.2) is 41.1 Å². The smallest absolute Gasteiger partial charge is 0.276 e. The molecule has 3 rings (SSSR count). The van der Waals surface area contributed by atoms with E-state index in [-0.39, 0.29) is 17.6 Å². The van der Waals surface area contributed by atoms with E-state index in [0.29, 0.717) is 18.9 Å². The predicted octanol–water partition coefficient (Wildman–Crippen LogP) is 3.37. The summed E-state index contributed by atoms with van der Waals surface area (Å²) in [6, 6.07) is 9.68. The maximum atomic E-state index is 13.2. The van der Waals surface area contributed by atoms with Crippen molar-refractivity contribution in [2.75, 3.05) is 13.7 Å².